The van der Waals surface area contributed by atoms with Crippen LogP contribution in [-0.2, 0) is 17.6 Å². The number of carbonyl (C=O) groups excluding carboxylic acids is 1. The zero-order valence-corrected chi connectivity index (χ0v) is 17.8. The monoisotopic (exact) mass is 429 g/mol. The van der Waals surface area contributed by atoms with E-state index in [0.29, 0.717) is 18.8 Å². The van der Waals surface area contributed by atoms with Crippen LogP contribution in [0.15, 0.2) is 66.2 Å². The molecule has 6 heteroatoms. The first-order chi connectivity index (χ1) is 15.3. The van der Waals surface area contributed by atoms with Crippen molar-refractivity contribution in [2.75, 3.05) is 6.54 Å². The lowest BCUT2D eigenvalue weighted by Crippen LogP contribution is -2.56. The van der Waals surface area contributed by atoms with Crippen molar-refractivity contribution in [3.8, 4) is 5.88 Å². The molecule has 1 saturated heterocycles. The van der Waals surface area contributed by atoms with Gasteiger partial charge in [0.25, 0.3) is 0 Å². The normalized spacial score (nSPS) is 22.3. The van der Waals surface area contributed by atoms with Gasteiger partial charge < -0.3 is 14.6 Å². The Hall–Kier alpha value is -3.12. The van der Waals surface area contributed by atoms with E-state index in [-0.39, 0.29) is 24.0 Å². The highest BCUT2D eigenvalue weighted by molar-refractivity contribution is 7.10. The number of hydrogen-bond donors (Lipinski definition) is 1. The van der Waals surface area contributed by atoms with Crippen molar-refractivity contribution in [3.63, 3.8) is 0 Å². The SMILES string of the molecule is O=C(Cc1cccs1)N1C[C@H](Oc2ccccn2)[C@H]2C[C@@H]1Cc1c2[nH]c2ccccc12. The average Bonchev–Trinajstić information content (AvgIpc) is 3.44. The lowest BCUT2D eigenvalue weighted by molar-refractivity contribution is -0.137. The summed E-state index contributed by atoms with van der Waals surface area (Å²) >= 11 is 1.64. The molecule has 4 heterocycles. The third kappa shape index (κ3) is 3.31. The van der Waals surface area contributed by atoms with Gasteiger partial charge in [-0.15, -0.1) is 11.3 Å². The van der Waals surface area contributed by atoms with E-state index in [1.54, 1.807) is 17.5 Å². The number of nitrogens with zero attached hydrogens (tertiary/aromatic N) is 2. The van der Waals surface area contributed by atoms with Gasteiger partial charge in [0, 0.05) is 45.7 Å². The van der Waals surface area contributed by atoms with Crippen LogP contribution in [0, 0.1) is 0 Å². The number of para-hydroxylation sites is 1. The van der Waals surface area contributed by atoms with E-state index in [2.05, 4.69) is 39.1 Å². The number of thiophene rings is 1. The van der Waals surface area contributed by atoms with Crippen LogP contribution in [0.3, 0.4) is 0 Å². The molecule has 4 aromatic rings. The zero-order valence-electron chi connectivity index (χ0n) is 17.0. The van der Waals surface area contributed by atoms with Crippen LogP contribution >= 0.6 is 11.3 Å². The Bertz CT molecular complexity index is 1220. The van der Waals surface area contributed by atoms with Gasteiger partial charge in [0.2, 0.25) is 11.8 Å². The minimum Gasteiger partial charge on any atom is -0.472 e. The molecule has 3 aromatic heterocycles. The number of aromatic nitrogens is 2. The van der Waals surface area contributed by atoms with E-state index in [0.717, 1.165) is 23.2 Å². The van der Waals surface area contributed by atoms with E-state index < -0.39 is 0 Å². The number of piperidine rings is 1. The molecule has 6 rings (SSSR count). The van der Waals surface area contributed by atoms with E-state index >= 15 is 0 Å². The van der Waals surface area contributed by atoms with Crippen LogP contribution in [0.5, 0.6) is 5.88 Å². The molecule has 3 atom stereocenters. The highest BCUT2D eigenvalue weighted by atomic mass is 32.1. The molecule has 31 heavy (non-hydrogen) atoms. The highest BCUT2D eigenvalue weighted by Crippen LogP contribution is 2.43. The number of hydrogen-bond acceptors (Lipinski definition) is 4. The summed E-state index contributed by atoms with van der Waals surface area (Å²) in [5, 5.41) is 3.29. The lowest BCUT2D eigenvalue weighted by atomic mass is 9.76. The number of rotatable bonds is 4. The van der Waals surface area contributed by atoms with Gasteiger partial charge >= 0.3 is 0 Å². The van der Waals surface area contributed by atoms with E-state index in [1.807, 2.05) is 35.7 Å². The summed E-state index contributed by atoms with van der Waals surface area (Å²) in [5.41, 5.74) is 3.76. The van der Waals surface area contributed by atoms with Gasteiger partial charge in [-0.2, -0.15) is 0 Å². The van der Waals surface area contributed by atoms with Gasteiger partial charge in [-0.25, -0.2) is 4.98 Å². The summed E-state index contributed by atoms with van der Waals surface area (Å²) < 4.78 is 6.39. The summed E-state index contributed by atoms with van der Waals surface area (Å²) in [6, 6.07) is 18.4. The number of H-pyrrole nitrogens is 1. The number of ether oxygens (including phenoxy) is 1. The van der Waals surface area contributed by atoms with Gasteiger partial charge in [0.1, 0.15) is 6.10 Å². The van der Waals surface area contributed by atoms with Crippen LogP contribution < -0.4 is 4.74 Å². The molecule has 1 aromatic carbocycles. The Labute approximate surface area is 184 Å². The molecule has 1 N–H and O–H groups in total. The summed E-state index contributed by atoms with van der Waals surface area (Å²) in [5.74, 6) is 1.01. The van der Waals surface area contributed by atoms with E-state index in [1.165, 1.54) is 16.6 Å². The second kappa shape index (κ2) is 7.54. The second-order valence-electron chi connectivity index (χ2n) is 8.39. The van der Waals surface area contributed by atoms with Crippen molar-refractivity contribution in [2.45, 2.75) is 37.3 Å². The molecule has 0 unspecified atom stereocenters. The number of fused-ring (bicyclic) bond motifs is 6. The topological polar surface area (TPSA) is 58.2 Å². The second-order valence-corrected chi connectivity index (χ2v) is 9.42. The van der Waals surface area contributed by atoms with E-state index in [9.17, 15) is 4.79 Å². The maximum absolute atomic E-state index is 13.3. The summed E-state index contributed by atoms with van der Waals surface area (Å²) in [7, 11) is 0. The van der Waals surface area contributed by atoms with Crippen molar-refractivity contribution in [1.29, 1.82) is 0 Å². The predicted octanol–water partition coefficient (Wildman–Crippen LogP) is 4.56. The first-order valence-electron chi connectivity index (χ1n) is 10.8. The Morgan fingerprint density at radius 1 is 1.16 bits per heavy atom. The third-order valence-electron chi connectivity index (χ3n) is 6.59. The summed E-state index contributed by atoms with van der Waals surface area (Å²) in [6.45, 7) is 0.588. The van der Waals surface area contributed by atoms with Crippen molar-refractivity contribution >= 4 is 28.1 Å². The fourth-order valence-corrected chi connectivity index (χ4v) is 5.89. The van der Waals surface area contributed by atoms with Crippen molar-refractivity contribution in [3.05, 3.63) is 82.3 Å². The third-order valence-corrected chi connectivity index (χ3v) is 7.46. The summed E-state index contributed by atoms with van der Waals surface area (Å²) in [4.78, 5) is 24.5. The molecule has 1 amide bonds. The standard InChI is InChI=1S/C25H23N3O2S/c29-24(14-17-6-5-11-31-17)28-15-22(30-23-9-3-4-10-26-23)20-13-16(28)12-19-18-7-1-2-8-21(18)27-25(19)20/h1-11,16,20,22,27H,12-15H2/t16-,20+,22-/m0/s1. The molecule has 0 spiro atoms. The Balaban J connectivity index is 1.38. The quantitative estimate of drug-likeness (QED) is 0.518. The molecule has 2 bridgehead atoms. The van der Waals surface area contributed by atoms with Crippen LogP contribution in [0.25, 0.3) is 10.9 Å². The van der Waals surface area contributed by atoms with Crippen molar-refractivity contribution in [2.24, 2.45) is 0 Å². The van der Waals surface area contributed by atoms with Gasteiger partial charge in [0.15, 0.2) is 0 Å². The minimum atomic E-state index is -0.134. The molecule has 2 aliphatic rings. The molecular weight excluding hydrogens is 406 g/mol. The number of benzene rings is 1. The Morgan fingerprint density at radius 2 is 2.06 bits per heavy atom. The Kier molecular flexibility index (Phi) is 4.53. The fraction of sp³-hybridized carbons (Fsp3) is 0.280. The number of carbonyl (C=O) groups is 1. The Morgan fingerprint density at radius 3 is 2.90 bits per heavy atom. The van der Waals surface area contributed by atoms with Gasteiger partial charge in [-0.3, -0.25) is 4.79 Å². The number of pyridine rings is 1. The first-order valence-corrected chi connectivity index (χ1v) is 11.6. The average molecular weight is 430 g/mol. The van der Waals surface area contributed by atoms with Gasteiger partial charge in [0.05, 0.1) is 13.0 Å². The summed E-state index contributed by atoms with van der Waals surface area (Å²) in [6.07, 6.45) is 3.87. The molecule has 1 aliphatic carbocycles. The van der Waals surface area contributed by atoms with E-state index in [4.69, 9.17) is 4.74 Å². The fourth-order valence-electron chi connectivity index (χ4n) is 5.19. The maximum atomic E-state index is 13.3. The van der Waals surface area contributed by atoms with Crippen molar-refractivity contribution in [1.82, 2.24) is 14.9 Å². The zero-order chi connectivity index (χ0) is 20.8. The molecule has 5 nitrogen and oxygen atoms in total. The molecule has 0 saturated carbocycles. The molecule has 156 valence electrons. The first kappa shape index (κ1) is 18.6. The number of nitrogens with one attached hydrogen (secondary N) is 1. The molecule has 1 aliphatic heterocycles. The molecule has 1 fully saturated rings. The maximum Gasteiger partial charge on any atom is 0.228 e. The van der Waals surface area contributed by atoms with Gasteiger partial charge in [-0.1, -0.05) is 30.3 Å². The van der Waals surface area contributed by atoms with Crippen LogP contribution in [-0.4, -0.2) is 39.5 Å². The minimum absolute atomic E-state index is 0.134. The van der Waals surface area contributed by atoms with Crippen LogP contribution in [0.4, 0.5) is 0 Å². The predicted molar refractivity (Wildman–Crippen MR) is 122 cm³/mol. The number of amides is 1. The lowest BCUT2D eigenvalue weighted by Gasteiger charge is -2.46. The molecule has 0 radical (unpaired) electrons. The molecular formula is C25H23N3O2S. The number of aromatic amines is 1. The van der Waals surface area contributed by atoms with Crippen LogP contribution in [0.1, 0.15) is 28.5 Å². The van der Waals surface area contributed by atoms with Crippen molar-refractivity contribution < 1.29 is 9.53 Å². The number of likely N-dealkylation sites (tertiary alicyclic amines) is 1. The largest absolute Gasteiger partial charge is 0.472 e. The highest BCUT2D eigenvalue weighted by Gasteiger charge is 2.45. The van der Waals surface area contributed by atoms with Gasteiger partial charge in [-0.05, 0) is 42.0 Å². The smallest absolute Gasteiger partial charge is 0.228 e. The van der Waals surface area contributed by atoms with Crippen LogP contribution in [0.2, 0.25) is 0 Å².